The minimum Gasteiger partial charge on any atom is -0.431 e. The number of carbonyl (C=O) groups excluding carboxylic acids is 1. The van der Waals surface area contributed by atoms with E-state index >= 15 is 0 Å². The highest BCUT2D eigenvalue weighted by atomic mass is 35.5. The lowest BCUT2D eigenvalue weighted by molar-refractivity contribution is -0.0342. The molecule has 17 heavy (non-hydrogen) atoms. The molecule has 0 amide bonds. The molecule has 1 rings (SSSR count). The van der Waals surface area contributed by atoms with E-state index in [4.69, 9.17) is 21.1 Å². The van der Waals surface area contributed by atoms with Gasteiger partial charge in [-0.25, -0.2) is 4.79 Å². The molecule has 4 atom stereocenters. The number of ether oxygens (including phenoxy) is 2. The maximum Gasteiger partial charge on any atom is 0.510 e. The molecular formula is C13H23ClO3. The first kappa shape index (κ1) is 14.6. The van der Waals surface area contributed by atoms with Crippen molar-refractivity contribution in [2.75, 3.05) is 0 Å². The van der Waals surface area contributed by atoms with Gasteiger partial charge in [0.2, 0.25) is 0 Å². The van der Waals surface area contributed by atoms with Gasteiger partial charge in [-0.05, 0) is 37.5 Å². The Hall–Kier alpha value is -0.440. The largest absolute Gasteiger partial charge is 0.510 e. The fourth-order valence-electron chi connectivity index (χ4n) is 2.53. The van der Waals surface area contributed by atoms with Crippen LogP contribution < -0.4 is 0 Å². The van der Waals surface area contributed by atoms with Gasteiger partial charge < -0.3 is 9.47 Å². The van der Waals surface area contributed by atoms with E-state index < -0.39 is 11.7 Å². The molecule has 4 heteroatoms. The molecule has 0 radical (unpaired) electrons. The first-order valence-corrected chi connectivity index (χ1v) is 6.85. The normalized spacial score (nSPS) is 31.1. The van der Waals surface area contributed by atoms with Crippen LogP contribution in [-0.4, -0.2) is 17.8 Å². The molecule has 0 aromatic heterocycles. The molecule has 1 fully saturated rings. The SMILES string of the molecule is CC1CCC(C(C)C)C(OC(=O)O[C@@H](C)Cl)C1. The van der Waals surface area contributed by atoms with Gasteiger partial charge in [0.15, 0.2) is 5.56 Å². The van der Waals surface area contributed by atoms with Gasteiger partial charge in [-0.2, -0.15) is 0 Å². The van der Waals surface area contributed by atoms with E-state index in [1.807, 2.05) is 0 Å². The quantitative estimate of drug-likeness (QED) is 0.565. The van der Waals surface area contributed by atoms with E-state index in [2.05, 4.69) is 20.8 Å². The third-order valence-corrected chi connectivity index (χ3v) is 3.56. The zero-order chi connectivity index (χ0) is 13.0. The van der Waals surface area contributed by atoms with Crippen LogP contribution in [0.2, 0.25) is 0 Å². The van der Waals surface area contributed by atoms with Crippen molar-refractivity contribution in [2.45, 2.75) is 58.6 Å². The molecule has 1 saturated carbocycles. The molecule has 3 unspecified atom stereocenters. The molecule has 0 N–H and O–H groups in total. The molecule has 100 valence electrons. The molecule has 1 aliphatic carbocycles. The highest BCUT2D eigenvalue weighted by Gasteiger charge is 2.33. The third-order valence-electron chi connectivity index (χ3n) is 3.47. The fraction of sp³-hybridized carbons (Fsp3) is 0.923. The van der Waals surface area contributed by atoms with Gasteiger partial charge in [-0.1, -0.05) is 38.8 Å². The van der Waals surface area contributed by atoms with Crippen molar-refractivity contribution in [1.29, 1.82) is 0 Å². The number of carbonyl (C=O) groups is 1. The number of rotatable bonds is 3. The van der Waals surface area contributed by atoms with Crippen LogP contribution in [0.5, 0.6) is 0 Å². The third kappa shape index (κ3) is 4.74. The van der Waals surface area contributed by atoms with Gasteiger partial charge >= 0.3 is 6.16 Å². The molecule has 0 aromatic carbocycles. The Morgan fingerprint density at radius 2 is 1.94 bits per heavy atom. The van der Waals surface area contributed by atoms with Crippen LogP contribution in [0.25, 0.3) is 0 Å². The Labute approximate surface area is 109 Å². The highest BCUT2D eigenvalue weighted by molar-refractivity contribution is 6.19. The van der Waals surface area contributed by atoms with E-state index in [1.165, 1.54) is 6.42 Å². The number of alkyl halides is 1. The minimum atomic E-state index is -0.641. The number of halogens is 1. The number of hydrogen-bond acceptors (Lipinski definition) is 3. The summed E-state index contributed by atoms with van der Waals surface area (Å²) in [5, 5.41) is 0. The van der Waals surface area contributed by atoms with Crippen molar-refractivity contribution in [3.8, 4) is 0 Å². The maximum absolute atomic E-state index is 11.5. The molecule has 0 saturated heterocycles. The van der Waals surface area contributed by atoms with Crippen LogP contribution in [0.15, 0.2) is 0 Å². The molecular weight excluding hydrogens is 240 g/mol. The second kappa shape index (κ2) is 6.48. The van der Waals surface area contributed by atoms with Crippen LogP contribution in [0.3, 0.4) is 0 Å². The summed E-state index contributed by atoms with van der Waals surface area (Å²) in [5.74, 6) is 1.56. The predicted molar refractivity (Wildman–Crippen MR) is 68.0 cm³/mol. The standard InChI is InChI=1S/C13H23ClO3/c1-8(2)11-6-5-9(3)7-12(11)17-13(15)16-10(4)14/h8-12H,5-7H2,1-4H3/t9?,10-,11?,12?/m0/s1. The first-order valence-electron chi connectivity index (χ1n) is 6.41. The van der Waals surface area contributed by atoms with Crippen molar-refractivity contribution < 1.29 is 14.3 Å². The van der Waals surface area contributed by atoms with Gasteiger partial charge in [-0.3, -0.25) is 0 Å². The molecule has 1 aliphatic rings. The summed E-state index contributed by atoms with van der Waals surface area (Å²) in [6.07, 6.45) is 2.59. The van der Waals surface area contributed by atoms with Gasteiger partial charge in [0, 0.05) is 0 Å². The monoisotopic (exact) mass is 262 g/mol. The van der Waals surface area contributed by atoms with Crippen LogP contribution in [0.1, 0.15) is 47.0 Å². The molecule has 3 nitrogen and oxygen atoms in total. The van der Waals surface area contributed by atoms with Crippen LogP contribution in [0.4, 0.5) is 4.79 Å². The summed E-state index contributed by atoms with van der Waals surface area (Å²) in [7, 11) is 0. The lowest BCUT2D eigenvalue weighted by atomic mass is 9.75. The summed E-state index contributed by atoms with van der Waals surface area (Å²) in [6.45, 7) is 8.15. The summed E-state index contributed by atoms with van der Waals surface area (Å²) in [6, 6.07) is 0. The maximum atomic E-state index is 11.5. The van der Waals surface area contributed by atoms with E-state index in [0.717, 1.165) is 12.8 Å². The summed E-state index contributed by atoms with van der Waals surface area (Å²) in [5.41, 5.74) is -0.638. The van der Waals surface area contributed by atoms with Crippen molar-refractivity contribution in [2.24, 2.45) is 17.8 Å². The topological polar surface area (TPSA) is 35.5 Å². The predicted octanol–water partition coefficient (Wildman–Crippen LogP) is 4.19. The Kier molecular flexibility index (Phi) is 5.57. The fourth-order valence-corrected chi connectivity index (χ4v) is 2.61. The molecule has 0 bridgehead atoms. The summed E-state index contributed by atoms with van der Waals surface area (Å²) in [4.78, 5) is 11.5. The molecule has 0 spiro atoms. The van der Waals surface area contributed by atoms with Crippen molar-refractivity contribution >= 4 is 17.8 Å². The average molecular weight is 263 g/mol. The Balaban J connectivity index is 2.54. The van der Waals surface area contributed by atoms with E-state index in [0.29, 0.717) is 17.8 Å². The molecule has 0 aromatic rings. The van der Waals surface area contributed by atoms with Gasteiger partial charge in [0.1, 0.15) is 6.10 Å². The van der Waals surface area contributed by atoms with Gasteiger partial charge in [0.05, 0.1) is 0 Å². The zero-order valence-corrected chi connectivity index (χ0v) is 11.9. The van der Waals surface area contributed by atoms with Crippen molar-refractivity contribution in [1.82, 2.24) is 0 Å². The van der Waals surface area contributed by atoms with Crippen molar-refractivity contribution in [3.05, 3.63) is 0 Å². The minimum absolute atomic E-state index is 0.0262. The van der Waals surface area contributed by atoms with E-state index in [1.54, 1.807) is 6.92 Å². The first-order chi connectivity index (χ1) is 7.90. The summed E-state index contributed by atoms with van der Waals surface area (Å²) >= 11 is 5.59. The van der Waals surface area contributed by atoms with Gasteiger partial charge in [-0.15, -0.1) is 0 Å². The Morgan fingerprint density at radius 1 is 1.29 bits per heavy atom. The highest BCUT2D eigenvalue weighted by Crippen LogP contribution is 2.35. The molecule has 0 heterocycles. The van der Waals surface area contributed by atoms with Crippen LogP contribution in [0, 0.1) is 17.8 Å². The smallest absolute Gasteiger partial charge is 0.431 e. The van der Waals surface area contributed by atoms with E-state index in [9.17, 15) is 4.79 Å². The van der Waals surface area contributed by atoms with Gasteiger partial charge in [0.25, 0.3) is 0 Å². The Bertz CT molecular complexity index is 253. The van der Waals surface area contributed by atoms with Crippen LogP contribution >= 0.6 is 11.6 Å². The average Bonchev–Trinajstić information content (AvgIpc) is 2.15. The van der Waals surface area contributed by atoms with Crippen LogP contribution in [-0.2, 0) is 9.47 Å². The lowest BCUT2D eigenvalue weighted by Crippen LogP contribution is -2.36. The Morgan fingerprint density at radius 3 is 2.47 bits per heavy atom. The second-order valence-corrected chi connectivity index (χ2v) is 6.01. The zero-order valence-electron chi connectivity index (χ0n) is 11.1. The van der Waals surface area contributed by atoms with E-state index in [-0.39, 0.29) is 6.10 Å². The van der Waals surface area contributed by atoms with Crippen molar-refractivity contribution in [3.63, 3.8) is 0 Å². The summed E-state index contributed by atoms with van der Waals surface area (Å²) < 4.78 is 10.2. The molecule has 0 aliphatic heterocycles. The second-order valence-electron chi connectivity index (χ2n) is 5.39. The lowest BCUT2D eigenvalue weighted by Gasteiger charge is -2.36. The number of hydrogen-bond donors (Lipinski definition) is 0.